The lowest BCUT2D eigenvalue weighted by Crippen LogP contribution is -2.35. The van der Waals surface area contributed by atoms with E-state index in [-0.39, 0.29) is 22.5 Å². The number of hydrogen-bond donors (Lipinski definition) is 2. The Hall–Kier alpha value is -3.42. The third-order valence-corrected chi connectivity index (χ3v) is 8.42. The lowest BCUT2D eigenvalue weighted by Gasteiger charge is -2.24. The van der Waals surface area contributed by atoms with Gasteiger partial charge in [0, 0.05) is 32.7 Å². The molecule has 0 bridgehead atoms. The Labute approximate surface area is 239 Å². The molecular weight excluding hydrogens is 529 g/mol. The van der Waals surface area contributed by atoms with Crippen LogP contribution < -0.4 is 5.32 Å². The summed E-state index contributed by atoms with van der Waals surface area (Å²) in [5.74, 6) is 0.633. The van der Waals surface area contributed by atoms with E-state index in [1.165, 1.54) is 36.6 Å². The SMILES string of the molecule is O=C(O)N[C@H](CCN1CC2CN(C(=O)c3c(F)cccc3Cl)C[C@@H]2C1)c1ccccc1.c1ccc(C2CC2)cc1. The van der Waals surface area contributed by atoms with Gasteiger partial charge in [-0.3, -0.25) is 4.79 Å². The van der Waals surface area contributed by atoms with Crippen LogP contribution >= 0.6 is 11.6 Å². The second kappa shape index (κ2) is 12.8. The fourth-order valence-corrected chi connectivity index (χ4v) is 6.15. The maximum absolute atomic E-state index is 14.1. The fourth-order valence-electron chi connectivity index (χ4n) is 5.91. The summed E-state index contributed by atoms with van der Waals surface area (Å²) in [5, 5.41) is 11.9. The van der Waals surface area contributed by atoms with Crippen LogP contribution in [0.15, 0.2) is 78.9 Å². The molecule has 6 rings (SSSR count). The Bertz CT molecular complexity index is 1270. The third kappa shape index (κ3) is 7.01. The Morgan fingerprint density at radius 3 is 2.10 bits per heavy atom. The van der Waals surface area contributed by atoms with Crippen LogP contribution in [-0.2, 0) is 0 Å². The first kappa shape index (κ1) is 28.1. The van der Waals surface area contributed by atoms with Crippen LogP contribution in [0.2, 0.25) is 5.02 Å². The molecule has 3 aliphatic rings. The number of rotatable bonds is 7. The largest absolute Gasteiger partial charge is 0.465 e. The van der Waals surface area contributed by atoms with E-state index in [1.54, 1.807) is 4.90 Å². The third-order valence-electron chi connectivity index (χ3n) is 8.11. The number of likely N-dealkylation sites (tertiary alicyclic amines) is 2. The molecule has 2 heterocycles. The van der Waals surface area contributed by atoms with E-state index >= 15 is 0 Å². The minimum absolute atomic E-state index is 0.0496. The molecule has 2 aliphatic heterocycles. The van der Waals surface area contributed by atoms with Crippen LogP contribution in [0.1, 0.15) is 52.7 Å². The van der Waals surface area contributed by atoms with Gasteiger partial charge in [-0.05, 0) is 60.3 Å². The second-order valence-electron chi connectivity index (χ2n) is 11.0. The highest BCUT2D eigenvalue weighted by atomic mass is 35.5. The minimum atomic E-state index is -1.03. The first-order chi connectivity index (χ1) is 19.4. The molecule has 2 amide bonds. The number of nitrogens with zero attached hydrogens (tertiary/aromatic N) is 2. The van der Waals surface area contributed by atoms with E-state index in [0.29, 0.717) is 31.3 Å². The zero-order valence-corrected chi connectivity index (χ0v) is 23.1. The van der Waals surface area contributed by atoms with Crippen molar-refractivity contribution in [2.24, 2.45) is 11.8 Å². The van der Waals surface area contributed by atoms with Crippen molar-refractivity contribution < 1.29 is 19.1 Å². The van der Waals surface area contributed by atoms with Gasteiger partial charge >= 0.3 is 6.09 Å². The highest BCUT2D eigenvalue weighted by Crippen LogP contribution is 2.39. The Balaban J connectivity index is 0.000000301. The van der Waals surface area contributed by atoms with Gasteiger partial charge < -0.3 is 20.2 Å². The van der Waals surface area contributed by atoms with Crippen LogP contribution in [0.3, 0.4) is 0 Å². The second-order valence-corrected chi connectivity index (χ2v) is 11.4. The topological polar surface area (TPSA) is 72.9 Å². The van der Waals surface area contributed by atoms with Crippen LogP contribution in [0.4, 0.5) is 9.18 Å². The number of amides is 2. The first-order valence-electron chi connectivity index (χ1n) is 13.9. The molecule has 3 aromatic rings. The number of carbonyl (C=O) groups excluding carboxylic acids is 1. The van der Waals surface area contributed by atoms with Gasteiger partial charge in [-0.1, -0.05) is 78.3 Å². The molecule has 3 fully saturated rings. The molecule has 8 heteroatoms. The van der Waals surface area contributed by atoms with Crippen molar-refractivity contribution in [2.75, 3.05) is 32.7 Å². The van der Waals surface area contributed by atoms with Crippen molar-refractivity contribution >= 4 is 23.6 Å². The number of carbonyl (C=O) groups is 2. The van der Waals surface area contributed by atoms with Gasteiger partial charge in [-0.2, -0.15) is 0 Å². The highest BCUT2D eigenvalue weighted by molar-refractivity contribution is 6.33. The van der Waals surface area contributed by atoms with Gasteiger partial charge in [-0.25, -0.2) is 9.18 Å². The van der Waals surface area contributed by atoms with E-state index in [9.17, 15) is 19.1 Å². The van der Waals surface area contributed by atoms with Crippen molar-refractivity contribution in [1.82, 2.24) is 15.1 Å². The van der Waals surface area contributed by atoms with Crippen molar-refractivity contribution in [1.29, 1.82) is 0 Å². The van der Waals surface area contributed by atoms with Gasteiger partial charge in [0.15, 0.2) is 0 Å². The summed E-state index contributed by atoms with van der Waals surface area (Å²) in [6, 6.07) is 24.3. The van der Waals surface area contributed by atoms with Crippen LogP contribution in [-0.4, -0.2) is 59.6 Å². The van der Waals surface area contributed by atoms with Gasteiger partial charge in [0.1, 0.15) is 5.82 Å². The van der Waals surface area contributed by atoms with Crippen LogP contribution in [0.5, 0.6) is 0 Å². The standard InChI is InChI=1S/C23H25ClFN3O3.C9H10/c24-18-7-4-8-19(25)21(18)22(29)28-13-16-11-27(12-17(16)14-28)10-9-20(26-23(30)31)15-5-2-1-3-6-15;1-2-4-8(5-3-1)9-6-7-9/h1-8,16-17,20,26H,9-14H2,(H,30,31);1-5,9H,6-7H2/t16-,17?,20+;/m0./s1. The lowest BCUT2D eigenvalue weighted by atomic mass is 10.0. The molecule has 40 heavy (non-hydrogen) atoms. The lowest BCUT2D eigenvalue weighted by molar-refractivity contribution is 0.0769. The molecular formula is C32H35ClFN3O3. The van der Waals surface area contributed by atoms with Crippen molar-refractivity contribution in [3.63, 3.8) is 0 Å². The van der Waals surface area contributed by atoms with Gasteiger partial charge in [0.05, 0.1) is 16.6 Å². The summed E-state index contributed by atoms with van der Waals surface area (Å²) in [6.45, 7) is 3.61. The van der Waals surface area contributed by atoms with Gasteiger partial charge in [0.25, 0.3) is 5.91 Å². The Morgan fingerprint density at radius 1 is 0.900 bits per heavy atom. The van der Waals surface area contributed by atoms with E-state index < -0.39 is 11.9 Å². The molecule has 2 N–H and O–H groups in total. The number of carboxylic acid groups (broad SMARTS) is 1. The minimum Gasteiger partial charge on any atom is -0.465 e. The average molecular weight is 564 g/mol. The normalized spacial score (nSPS) is 20.8. The molecule has 1 saturated carbocycles. The molecule has 6 nitrogen and oxygen atoms in total. The van der Waals surface area contributed by atoms with Gasteiger partial charge in [-0.15, -0.1) is 0 Å². The number of halogens is 2. The maximum Gasteiger partial charge on any atom is 0.405 e. The van der Waals surface area contributed by atoms with E-state index in [4.69, 9.17) is 11.6 Å². The average Bonchev–Trinajstić information content (AvgIpc) is 3.63. The van der Waals surface area contributed by atoms with Crippen molar-refractivity contribution in [3.8, 4) is 0 Å². The molecule has 3 aromatic carbocycles. The van der Waals surface area contributed by atoms with E-state index in [2.05, 4.69) is 40.5 Å². The quantitative estimate of drug-likeness (QED) is 0.347. The van der Waals surface area contributed by atoms with Crippen LogP contribution in [0.25, 0.3) is 0 Å². The summed E-state index contributed by atoms with van der Waals surface area (Å²) < 4.78 is 14.1. The molecule has 3 atom stereocenters. The fraction of sp³-hybridized carbons (Fsp3) is 0.375. The van der Waals surface area contributed by atoms with Crippen LogP contribution in [0, 0.1) is 17.7 Å². The summed E-state index contributed by atoms with van der Waals surface area (Å²) in [7, 11) is 0. The van der Waals surface area contributed by atoms with Gasteiger partial charge in [0.2, 0.25) is 0 Å². The molecule has 0 aromatic heterocycles. The molecule has 2 saturated heterocycles. The number of nitrogens with one attached hydrogen (secondary N) is 1. The summed E-state index contributed by atoms with van der Waals surface area (Å²) in [6.07, 6.45) is 2.45. The molecule has 210 valence electrons. The number of fused-ring (bicyclic) bond motifs is 1. The van der Waals surface area contributed by atoms with E-state index in [0.717, 1.165) is 31.1 Å². The van der Waals surface area contributed by atoms with E-state index in [1.807, 2.05) is 30.3 Å². The summed E-state index contributed by atoms with van der Waals surface area (Å²) in [5.41, 5.74) is 2.42. The number of benzene rings is 3. The van der Waals surface area contributed by atoms with Crippen molar-refractivity contribution in [3.05, 3.63) is 106 Å². The Morgan fingerprint density at radius 2 is 1.52 bits per heavy atom. The van der Waals surface area contributed by atoms with Crippen molar-refractivity contribution in [2.45, 2.75) is 31.2 Å². The molecule has 1 unspecified atom stereocenters. The highest BCUT2D eigenvalue weighted by Gasteiger charge is 2.42. The monoisotopic (exact) mass is 563 g/mol. The summed E-state index contributed by atoms with van der Waals surface area (Å²) >= 11 is 6.06. The molecule has 0 radical (unpaired) electrons. The predicted molar refractivity (Wildman–Crippen MR) is 154 cm³/mol. The number of hydrogen-bond acceptors (Lipinski definition) is 3. The Kier molecular flexibility index (Phi) is 9.02. The smallest absolute Gasteiger partial charge is 0.405 e. The molecule has 1 aliphatic carbocycles. The zero-order chi connectivity index (χ0) is 28.1. The molecule has 0 spiro atoms. The summed E-state index contributed by atoms with van der Waals surface area (Å²) in [4.78, 5) is 28.0. The zero-order valence-electron chi connectivity index (χ0n) is 22.4. The first-order valence-corrected chi connectivity index (χ1v) is 14.3. The maximum atomic E-state index is 14.1. The predicted octanol–water partition coefficient (Wildman–Crippen LogP) is 6.45.